The van der Waals surface area contributed by atoms with Crippen LogP contribution in [0, 0.1) is 17.1 Å². The largest absolute Gasteiger partial charge is 0.396 e. The van der Waals surface area contributed by atoms with Crippen LogP contribution in [0.5, 0.6) is 0 Å². The highest BCUT2D eigenvalue weighted by atomic mass is 19.1. The van der Waals surface area contributed by atoms with Gasteiger partial charge in [-0.15, -0.1) is 0 Å². The Labute approximate surface area is 112 Å². The van der Waals surface area contributed by atoms with Gasteiger partial charge in [-0.25, -0.2) is 4.39 Å². The number of rotatable bonds is 5. The quantitative estimate of drug-likeness (QED) is 0.555. The van der Waals surface area contributed by atoms with Crippen LogP contribution in [0.2, 0.25) is 0 Å². The van der Waals surface area contributed by atoms with Crippen molar-refractivity contribution in [2.75, 3.05) is 19.7 Å². The maximum atomic E-state index is 13.2. The normalized spacial score (nSPS) is 19.8. The zero-order chi connectivity index (χ0) is 13.8. The predicted octanol–water partition coefficient (Wildman–Crippen LogP) is 1.31. The zero-order valence-electron chi connectivity index (χ0n) is 10.9. The molecule has 1 aromatic rings. The summed E-state index contributed by atoms with van der Waals surface area (Å²) in [6, 6.07) is 4.42. The van der Waals surface area contributed by atoms with Crippen LogP contribution in [0.3, 0.4) is 0 Å². The molecule has 104 valence electrons. The number of nitrogens with two attached hydrogens (primary N) is 1. The lowest BCUT2D eigenvalue weighted by Gasteiger charge is -2.18. The minimum atomic E-state index is -0.367. The van der Waals surface area contributed by atoms with Crippen LogP contribution in [0.1, 0.15) is 24.0 Å². The summed E-state index contributed by atoms with van der Waals surface area (Å²) in [5, 5.41) is 16.5. The van der Waals surface area contributed by atoms with E-state index in [4.69, 9.17) is 16.2 Å². The van der Waals surface area contributed by atoms with E-state index in [-0.39, 0.29) is 18.3 Å². The molecule has 0 spiro atoms. The minimum Gasteiger partial charge on any atom is -0.396 e. The van der Waals surface area contributed by atoms with Crippen molar-refractivity contribution in [3.8, 4) is 0 Å². The summed E-state index contributed by atoms with van der Waals surface area (Å²) in [4.78, 5) is 2.26. The maximum absolute atomic E-state index is 13.2. The Bertz CT molecular complexity index is 464. The molecule has 4 N–H and O–H groups in total. The van der Waals surface area contributed by atoms with E-state index < -0.39 is 0 Å². The van der Waals surface area contributed by atoms with Crippen molar-refractivity contribution in [1.82, 2.24) is 4.90 Å². The van der Waals surface area contributed by atoms with E-state index in [2.05, 4.69) is 4.90 Å². The van der Waals surface area contributed by atoms with Crippen molar-refractivity contribution in [3.05, 3.63) is 35.1 Å². The summed E-state index contributed by atoms with van der Waals surface area (Å²) < 4.78 is 13.2. The number of hydrogen-bond donors (Lipinski definition) is 3. The number of halogens is 1. The average Bonchev–Trinajstić information content (AvgIpc) is 2.79. The highest BCUT2D eigenvalue weighted by Gasteiger charge is 2.22. The van der Waals surface area contributed by atoms with Crippen molar-refractivity contribution in [2.45, 2.75) is 19.4 Å². The lowest BCUT2D eigenvalue weighted by molar-refractivity contribution is 0.249. The smallest absolute Gasteiger partial charge is 0.123 e. The Hall–Kier alpha value is -1.46. The molecule has 2 rings (SSSR count). The van der Waals surface area contributed by atoms with Gasteiger partial charge in [0.15, 0.2) is 0 Å². The summed E-state index contributed by atoms with van der Waals surface area (Å²) in [5.41, 5.74) is 6.86. The van der Waals surface area contributed by atoms with E-state index in [0.717, 1.165) is 31.5 Å². The van der Waals surface area contributed by atoms with Crippen molar-refractivity contribution in [1.29, 1.82) is 5.41 Å². The van der Waals surface area contributed by atoms with Crippen molar-refractivity contribution in [2.24, 2.45) is 11.7 Å². The first-order chi connectivity index (χ1) is 9.10. The second kappa shape index (κ2) is 6.12. The summed E-state index contributed by atoms with van der Waals surface area (Å²) in [7, 11) is 0. The van der Waals surface area contributed by atoms with Crippen LogP contribution in [0.4, 0.5) is 4.39 Å². The van der Waals surface area contributed by atoms with Crippen LogP contribution in [0.25, 0.3) is 0 Å². The monoisotopic (exact) mass is 265 g/mol. The molecule has 1 heterocycles. The number of aliphatic hydroxyl groups excluding tert-OH is 1. The lowest BCUT2D eigenvalue weighted by Crippen LogP contribution is -2.23. The van der Waals surface area contributed by atoms with Gasteiger partial charge in [-0.3, -0.25) is 10.3 Å². The highest BCUT2D eigenvalue weighted by molar-refractivity contribution is 5.96. The lowest BCUT2D eigenvalue weighted by atomic mass is 10.1. The fourth-order valence-corrected chi connectivity index (χ4v) is 2.65. The number of hydrogen-bond acceptors (Lipinski definition) is 3. The number of benzene rings is 1. The van der Waals surface area contributed by atoms with Crippen LogP contribution in [-0.4, -0.2) is 35.5 Å². The fraction of sp³-hybridized carbons (Fsp3) is 0.500. The molecule has 4 nitrogen and oxygen atoms in total. The number of nitrogens with one attached hydrogen (secondary N) is 1. The fourth-order valence-electron chi connectivity index (χ4n) is 2.65. The molecule has 5 heteroatoms. The standard InChI is InChI=1S/C14H20FN3O/c15-12-2-1-11(13(7-12)14(16)17)9-18-5-3-10(8-18)4-6-19/h1-2,7,10,19H,3-6,8-9H2,(H3,16,17). The average molecular weight is 265 g/mol. The zero-order valence-corrected chi connectivity index (χ0v) is 10.9. The van der Waals surface area contributed by atoms with Crippen LogP contribution in [0.15, 0.2) is 18.2 Å². The van der Waals surface area contributed by atoms with Crippen molar-refractivity contribution >= 4 is 5.84 Å². The van der Waals surface area contributed by atoms with Crippen LogP contribution < -0.4 is 5.73 Å². The predicted molar refractivity (Wildman–Crippen MR) is 72.5 cm³/mol. The Morgan fingerprint density at radius 1 is 1.53 bits per heavy atom. The molecule has 0 amide bonds. The molecular formula is C14H20FN3O. The Balaban J connectivity index is 2.05. The van der Waals surface area contributed by atoms with E-state index in [1.807, 2.05) is 0 Å². The summed E-state index contributed by atoms with van der Waals surface area (Å²) >= 11 is 0. The summed E-state index contributed by atoms with van der Waals surface area (Å²) in [6.07, 6.45) is 1.91. The number of aliphatic hydroxyl groups is 1. The SMILES string of the molecule is N=C(N)c1cc(F)ccc1CN1CCC(CCO)C1. The first kappa shape index (κ1) is 14.0. The summed E-state index contributed by atoms with van der Waals surface area (Å²) in [5.74, 6) is 0.0698. The van der Waals surface area contributed by atoms with Crippen LogP contribution >= 0.6 is 0 Å². The van der Waals surface area contributed by atoms with E-state index in [1.54, 1.807) is 6.07 Å². The molecule has 0 aromatic heterocycles. The van der Waals surface area contributed by atoms with Crippen molar-refractivity contribution < 1.29 is 9.50 Å². The van der Waals surface area contributed by atoms with Gasteiger partial charge < -0.3 is 10.8 Å². The van der Waals surface area contributed by atoms with E-state index in [9.17, 15) is 4.39 Å². The van der Waals surface area contributed by atoms with Crippen molar-refractivity contribution in [3.63, 3.8) is 0 Å². The Morgan fingerprint density at radius 2 is 2.32 bits per heavy atom. The van der Waals surface area contributed by atoms with E-state index in [0.29, 0.717) is 18.0 Å². The third-order valence-corrected chi connectivity index (χ3v) is 3.66. The molecule has 1 fully saturated rings. The molecule has 0 radical (unpaired) electrons. The molecule has 1 saturated heterocycles. The second-order valence-electron chi connectivity index (χ2n) is 5.12. The Morgan fingerprint density at radius 3 is 3.00 bits per heavy atom. The van der Waals surface area contributed by atoms with E-state index >= 15 is 0 Å². The number of amidine groups is 1. The second-order valence-corrected chi connectivity index (χ2v) is 5.12. The third-order valence-electron chi connectivity index (χ3n) is 3.66. The van der Waals surface area contributed by atoms with Crippen LogP contribution in [-0.2, 0) is 6.54 Å². The maximum Gasteiger partial charge on any atom is 0.123 e. The number of likely N-dealkylation sites (tertiary alicyclic amines) is 1. The topological polar surface area (TPSA) is 73.3 Å². The van der Waals surface area contributed by atoms with Gasteiger partial charge in [0, 0.05) is 25.3 Å². The number of nitrogen functional groups attached to an aromatic ring is 1. The van der Waals surface area contributed by atoms with Gasteiger partial charge in [-0.1, -0.05) is 6.07 Å². The van der Waals surface area contributed by atoms with E-state index in [1.165, 1.54) is 12.1 Å². The molecule has 0 bridgehead atoms. The molecular weight excluding hydrogens is 245 g/mol. The van der Waals surface area contributed by atoms with Gasteiger partial charge in [0.05, 0.1) is 0 Å². The van der Waals surface area contributed by atoms with Gasteiger partial charge in [0.2, 0.25) is 0 Å². The first-order valence-electron chi connectivity index (χ1n) is 6.56. The number of nitrogens with zero attached hydrogens (tertiary/aromatic N) is 1. The van der Waals surface area contributed by atoms with Gasteiger partial charge >= 0.3 is 0 Å². The first-order valence-corrected chi connectivity index (χ1v) is 6.56. The molecule has 19 heavy (non-hydrogen) atoms. The van der Waals surface area contributed by atoms with Gasteiger partial charge in [0.25, 0.3) is 0 Å². The highest BCUT2D eigenvalue weighted by Crippen LogP contribution is 2.22. The molecule has 0 aliphatic carbocycles. The molecule has 1 aliphatic rings. The minimum absolute atomic E-state index is 0.0967. The molecule has 1 aromatic carbocycles. The molecule has 1 atom stereocenters. The van der Waals surface area contributed by atoms with Gasteiger partial charge in [-0.2, -0.15) is 0 Å². The summed E-state index contributed by atoms with van der Waals surface area (Å²) in [6.45, 7) is 2.82. The van der Waals surface area contributed by atoms with Gasteiger partial charge in [0.1, 0.15) is 11.7 Å². The van der Waals surface area contributed by atoms with Gasteiger partial charge in [-0.05, 0) is 43.0 Å². The molecule has 0 saturated carbocycles. The third kappa shape index (κ3) is 3.52. The Kier molecular flexibility index (Phi) is 4.50. The molecule has 1 unspecified atom stereocenters. The molecule has 1 aliphatic heterocycles.